The maximum absolute atomic E-state index is 12.3. The highest BCUT2D eigenvalue weighted by Gasteiger charge is 2.28. The third-order valence-corrected chi connectivity index (χ3v) is 5.79. The van der Waals surface area contributed by atoms with Crippen molar-refractivity contribution >= 4 is 33.2 Å². The summed E-state index contributed by atoms with van der Waals surface area (Å²) >= 11 is 11.8. The van der Waals surface area contributed by atoms with Gasteiger partial charge < -0.3 is 5.73 Å². The molecule has 19 heavy (non-hydrogen) atoms. The van der Waals surface area contributed by atoms with E-state index in [-0.39, 0.29) is 27.0 Å². The van der Waals surface area contributed by atoms with Gasteiger partial charge in [0.1, 0.15) is 4.90 Å². The molecule has 3 N–H and O–H groups in total. The van der Waals surface area contributed by atoms with Crippen LogP contribution in [0.2, 0.25) is 10.0 Å². The molecule has 0 spiro atoms. The maximum atomic E-state index is 12.3. The topological polar surface area (TPSA) is 72.2 Å². The number of benzene rings is 1. The van der Waals surface area contributed by atoms with Gasteiger partial charge in [0, 0.05) is 12.1 Å². The number of nitrogens with one attached hydrogen (secondary N) is 1. The highest BCUT2D eigenvalue weighted by Crippen LogP contribution is 2.29. The molecular weight excluding hydrogens is 307 g/mol. The van der Waals surface area contributed by atoms with Crippen LogP contribution in [0.5, 0.6) is 0 Å². The Labute approximate surface area is 123 Å². The van der Waals surface area contributed by atoms with E-state index in [0.29, 0.717) is 0 Å². The Balaban J connectivity index is 2.25. The van der Waals surface area contributed by atoms with Gasteiger partial charge in [-0.1, -0.05) is 42.1 Å². The highest BCUT2D eigenvalue weighted by molar-refractivity contribution is 7.89. The van der Waals surface area contributed by atoms with Crippen molar-refractivity contribution in [1.29, 1.82) is 0 Å². The van der Waals surface area contributed by atoms with E-state index in [4.69, 9.17) is 28.9 Å². The molecule has 1 aromatic rings. The van der Waals surface area contributed by atoms with Crippen LogP contribution in [0.4, 0.5) is 0 Å². The average Bonchev–Trinajstić information content (AvgIpc) is 2.35. The minimum absolute atomic E-state index is 0.000518. The van der Waals surface area contributed by atoms with Gasteiger partial charge in [0.25, 0.3) is 0 Å². The van der Waals surface area contributed by atoms with E-state index in [1.807, 2.05) is 0 Å². The van der Waals surface area contributed by atoms with Crippen molar-refractivity contribution in [2.45, 2.75) is 42.7 Å². The van der Waals surface area contributed by atoms with E-state index in [0.717, 1.165) is 25.7 Å². The molecular formula is C12H16Cl2N2O2S. The average molecular weight is 323 g/mol. The molecule has 1 saturated carbocycles. The Bertz CT molecular complexity index is 563. The molecule has 0 heterocycles. The van der Waals surface area contributed by atoms with Crippen LogP contribution in [0.25, 0.3) is 0 Å². The first-order chi connectivity index (χ1) is 8.92. The van der Waals surface area contributed by atoms with Crippen molar-refractivity contribution in [3.05, 3.63) is 28.2 Å². The Hall–Kier alpha value is -0.330. The molecule has 1 fully saturated rings. The van der Waals surface area contributed by atoms with Crippen LogP contribution >= 0.6 is 23.2 Å². The van der Waals surface area contributed by atoms with Crippen LogP contribution in [0.1, 0.15) is 25.7 Å². The molecule has 0 radical (unpaired) electrons. The minimum atomic E-state index is -3.69. The predicted molar refractivity (Wildman–Crippen MR) is 77.0 cm³/mol. The molecule has 2 rings (SSSR count). The molecule has 1 aliphatic rings. The third kappa shape index (κ3) is 3.41. The van der Waals surface area contributed by atoms with Crippen molar-refractivity contribution in [3.8, 4) is 0 Å². The molecule has 106 valence electrons. The summed E-state index contributed by atoms with van der Waals surface area (Å²) in [4.78, 5) is -0.000518. The summed E-state index contributed by atoms with van der Waals surface area (Å²) in [6, 6.07) is 4.15. The van der Waals surface area contributed by atoms with Gasteiger partial charge in [0.2, 0.25) is 10.0 Å². The number of halogens is 2. The summed E-state index contributed by atoms with van der Waals surface area (Å²) in [6.45, 7) is 0. The van der Waals surface area contributed by atoms with Crippen molar-refractivity contribution < 1.29 is 8.42 Å². The molecule has 0 saturated heterocycles. The van der Waals surface area contributed by atoms with Gasteiger partial charge in [0.15, 0.2) is 0 Å². The maximum Gasteiger partial charge on any atom is 0.242 e. The van der Waals surface area contributed by atoms with Crippen LogP contribution in [-0.4, -0.2) is 20.5 Å². The molecule has 0 aromatic heterocycles. The quantitative estimate of drug-likeness (QED) is 0.898. The van der Waals surface area contributed by atoms with E-state index in [1.165, 1.54) is 6.07 Å². The molecule has 2 atom stereocenters. The monoisotopic (exact) mass is 322 g/mol. The fourth-order valence-electron chi connectivity index (χ4n) is 2.26. The molecule has 1 aliphatic carbocycles. The SMILES string of the molecule is NC1CCCCC1NS(=O)(=O)c1cccc(Cl)c1Cl. The van der Waals surface area contributed by atoms with Crippen LogP contribution in [0, 0.1) is 0 Å². The number of hydrogen-bond donors (Lipinski definition) is 2. The van der Waals surface area contributed by atoms with E-state index in [2.05, 4.69) is 4.72 Å². The van der Waals surface area contributed by atoms with Gasteiger partial charge in [-0.05, 0) is 25.0 Å². The van der Waals surface area contributed by atoms with Crippen molar-refractivity contribution in [3.63, 3.8) is 0 Å². The lowest BCUT2D eigenvalue weighted by atomic mass is 9.92. The number of nitrogens with two attached hydrogens (primary N) is 1. The Morgan fingerprint density at radius 1 is 1.21 bits per heavy atom. The number of rotatable bonds is 3. The summed E-state index contributed by atoms with van der Waals surface area (Å²) in [5, 5.41) is 0.263. The molecule has 1 aromatic carbocycles. The van der Waals surface area contributed by atoms with Gasteiger partial charge in [-0.2, -0.15) is 0 Å². The smallest absolute Gasteiger partial charge is 0.242 e. The molecule has 0 amide bonds. The zero-order valence-electron chi connectivity index (χ0n) is 10.3. The predicted octanol–water partition coefficient (Wildman–Crippen LogP) is 2.54. The van der Waals surface area contributed by atoms with Crippen molar-refractivity contribution in [2.24, 2.45) is 5.73 Å². The second-order valence-electron chi connectivity index (χ2n) is 4.73. The van der Waals surface area contributed by atoms with Crippen LogP contribution in [0.3, 0.4) is 0 Å². The first-order valence-corrected chi connectivity index (χ1v) is 8.37. The first-order valence-electron chi connectivity index (χ1n) is 6.14. The number of hydrogen-bond acceptors (Lipinski definition) is 3. The second kappa shape index (κ2) is 5.97. The lowest BCUT2D eigenvalue weighted by Crippen LogP contribution is -2.49. The van der Waals surface area contributed by atoms with Gasteiger partial charge >= 0.3 is 0 Å². The van der Waals surface area contributed by atoms with E-state index in [1.54, 1.807) is 12.1 Å². The summed E-state index contributed by atoms with van der Waals surface area (Å²) in [7, 11) is -3.69. The van der Waals surface area contributed by atoms with E-state index < -0.39 is 10.0 Å². The summed E-state index contributed by atoms with van der Waals surface area (Å²) in [6.07, 6.45) is 3.59. The standard InChI is InChI=1S/C12H16Cl2N2O2S/c13-8-4-3-7-11(12(8)14)19(17,18)16-10-6-2-1-5-9(10)15/h3-4,7,9-10,16H,1-2,5-6,15H2. The first kappa shape index (κ1) is 15.1. The fraction of sp³-hybridized carbons (Fsp3) is 0.500. The minimum Gasteiger partial charge on any atom is -0.326 e. The molecule has 4 nitrogen and oxygen atoms in total. The molecule has 2 unspecified atom stereocenters. The third-order valence-electron chi connectivity index (χ3n) is 3.33. The lowest BCUT2D eigenvalue weighted by molar-refractivity contribution is 0.361. The molecule has 0 aliphatic heterocycles. The van der Waals surface area contributed by atoms with Gasteiger partial charge in [-0.3, -0.25) is 0 Å². The number of sulfonamides is 1. The molecule has 0 bridgehead atoms. The zero-order chi connectivity index (χ0) is 14.0. The summed E-state index contributed by atoms with van der Waals surface area (Å²) < 4.78 is 27.3. The summed E-state index contributed by atoms with van der Waals surface area (Å²) in [5.41, 5.74) is 5.95. The normalized spacial score (nSPS) is 24.4. The Kier molecular flexibility index (Phi) is 4.74. The van der Waals surface area contributed by atoms with Crippen LogP contribution in [-0.2, 0) is 10.0 Å². The summed E-state index contributed by atoms with van der Waals surface area (Å²) in [5.74, 6) is 0. The van der Waals surface area contributed by atoms with Gasteiger partial charge in [-0.25, -0.2) is 13.1 Å². The zero-order valence-corrected chi connectivity index (χ0v) is 12.6. The second-order valence-corrected chi connectivity index (χ2v) is 7.20. The van der Waals surface area contributed by atoms with Gasteiger partial charge in [-0.15, -0.1) is 0 Å². The van der Waals surface area contributed by atoms with Crippen molar-refractivity contribution in [1.82, 2.24) is 4.72 Å². The Morgan fingerprint density at radius 2 is 1.89 bits per heavy atom. The van der Waals surface area contributed by atoms with E-state index >= 15 is 0 Å². The largest absolute Gasteiger partial charge is 0.326 e. The van der Waals surface area contributed by atoms with Crippen molar-refractivity contribution in [2.75, 3.05) is 0 Å². The lowest BCUT2D eigenvalue weighted by Gasteiger charge is -2.29. The van der Waals surface area contributed by atoms with Gasteiger partial charge in [0.05, 0.1) is 10.0 Å². The van der Waals surface area contributed by atoms with Crippen LogP contribution in [0.15, 0.2) is 23.1 Å². The van der Waals surface area contributed by atoms with Crippen LogP contribution < -0.4 is 10.5 Å². The Morgan fingerprint density at radius 3 is 2.58 bits per heavy atom. The fourth-order valence-corrected chi connectivity index (χ4v) is 4.34. The van der Waals surface area contributed by atoms with E-state index in [9.17, 15) is 8.42 Å². The molecule has 7 heteroatoms. The highest BCUT2D eigenvalue weighted by atomic mass is 35.5.